The molecule has 19 heavy (non-hydrogen) atoms. The van der Waals surface area contributed by atoms with Gasteiger partial charge < -0.3 is 4.74 Å². The Hall–Kier alpha value is -0.860. The van der Waals surface area contributed by atoms with Crippen molar-refractivity contribution in [1.82, 2.24) is 0 Å². The van der Waals surface area contributed by atoms with E-state index in [4.69, 9.17) is 16.3 Å². The molecule has 1 heterocycles. The standard InChI is InChI=1S/C16H21ClO2/c1-10-6-7-11(13(17)8-10)14(18)12-9-15(2,3)19-16(12,4)5/h6-8,12H,9H2,1-5H3. The fourth-order valence-electron chi connectivity index (χ4n) is 2.98. The molecule has 0 aliphatic carbocycles. The van der Waals surface area contributed by atoms with Crippen molar-refractivity contribution in [3.8, 4) is 0 Å². The van der Waals surface area contributed by atoms with Gasteiger partial charge in [-0.2, -0.15) is 0 Å². The summed E-state index contributed by atoms with van der Waals surface area (Å²) in [6, 6.07) is 5.58. The van der Waals surface area contributed by atoms with Crippen molar-refractivity contribution >= 4 is 17.4 Å². The number of hydrogen-bond acceptors (Lipinski definition) is 2. The summed E-state index contributed by atoms with van der Waals surface area (Å²) < 4.78 is 5.99. The minimum absolute atomic E-state index is 0.0839. The molecule has 1 atom stereocenters. The number of rotatable bonds is 2. The van der Waals surface area contributed by atoms with Crippen LogP contribution in [0, 0.1) is 12.8 Å². The first-order valence-corrected chi connectivity index (χ1v) is 7.01. The van der Waals surface area contributed by atoms with E-state index >= 15 is 0 Å². The SMILES string of the molecule is Cc1ccc(C(=O)C2CC(C)(C)OC2(C)C)c(Cl)c1. The van der Waals surface area contributed by atoms with E-state index in [1.807, 2.05) is 52.8 Å². The highest BCUT2D eigenvalue weighted by molar-refractivity contribution is 6.34. The quantitative estimate of drug-likeness (QED) is 0.750. The van der Waals surface area contributed by atoms with Crippen LogP contribution in [0.3, 0.4) is 0 Å². The second-order valence-electron chi connectivity index (χ2n) is 6.57. The second kappa shape index (κ2) is 4.60. The molecule has 1 aromatic carbocycles. The Balaban J connectivity index is 2.34. The summed E-state index contributed by atoms with van der Waals surface area (Å²) in [5.41, 5.74) is 0.950. The van der Waals surface area contributed by atoms with Gasteiger partial charge in [0.2, 0.25) is 0 Å². The van der Waals surface area contributed by atoms with Gasteiger partial charge in [-0.25, -0.2) is 0 Å². The van der Waals surface area contributed by atoms with Gasteiger partial charge in [0, 0.05) is 5.56 Å². The van der Waals surface area contributed by atoms with Crippen molar-refractivity contribution in [2.75, 3.05) is 0 Å². The molecule has 1 fully saturated rings. The van der Waals surface area contributed by atoms with Crippen molar-refractivity contribution in [3.63, 3.8) is 0 Å². The number of Topliss-reactive ketones (excluding diaryl/α,β-unsaturated/α-hetero) is 1. The number of halogens is 1. The van der Waals surface area contributed by atoms with Gasteiger partial charge >= 0.3 is 0 Å². The van der Waals surface area contributed by atoms with E-state index in [2.05, 4.69) is 0 Å². The van der Waals surface area contributed by atoms with Crippen LogP contribution in [-0.2, 0) is 4.74 Å². The number of hydrogen-bond donors (Lipinski definition) is 0. The smallest absolute Gasteiger partial charge is 0.170 e. The fraction of sp³-hybridized carbons (Fsp3) is 0.562. The van der Waals surface area contributed by atoms with Crippen molar-refractivity contribution in [1.29, 1.82) is 0 Å². The summed E-state index contributed by atoms with van der Waals surface area (Å²) >= 11 is 6.21. The molecule has 1 saturated heterocycles. The van der Waals surface area contributed by atoms with Crippen LogP contribution in [0.5, 0.6) is 0 Å². The molecule has 0 radical (unpaired) electrons. The molecule has 1 aromatic rings. The molecule has 104 valence electrons. The predicted octanol–water partition coefficient (Wildman–Crippen LogP) is 4.42. The van der Waals surface area contributed by atoms with E-state index in [0.29, 0.717) is 10.6 Å². The van der Waals surface area contributed by atoms with Gasteiger partial charge in [-0.05, 0) is 58.7 Å². The van der Waals surface area contributed by atoms with E-state index in [1.54, 1.807) is 0 Å². The van der Waals surface area contributed by atoms with E-state index in [1.165, 1.54) is 0 Å². The van der Waals surface area contributed by atoms with E-state index in [9.17, 15) is 4.79 Å². The molecular weight excluding hydrogens is 260 g/mol. The summed E-state index contributed by atoms with van der Waals surface area (Å²) in [7, 11) is 0. The largest absolute Gasteiger partial charge is 0.369 e. The van der Waals surface area contributed by atoms with Crippen LogP contribution < -0.4 is 0 Å². The lowest BCUT2D eigenvalue weighted by Gasteiger charge is -2.26. The first kappa shape index (κ1) is 14.5. The molecule has 1 aliphatic heterocycles. The van der Waals surface area contributed by atoms with Crippen molar-refractivity contribution in [2.24, 2.45) is 5.92 Å². The highest BCUT2D eigenvalue weighted by Gasteiger charge is 2.49. The average Bonchev–Trinajstić information content (AvgIpc) is 2.45. The summed E-state index contributed by atoms with van der Waals surface area (Å²) in [4.78, 5) is 12.7. The Morgan fingerprint density at radius 1 is 1.32 bits per heavy atom. The summed E-state index contributed by atoms with van der Waals surface area (Å²) in [5, 5.41) is 0.533. The average molecular weight is 281 g/mol. The molecule has 0 bridgehead atoms. The Kier molecular flexibility index (Phi) is 3.53. The normalized spacial score (nSPS) is 24.4. The summed E-state index contributed by atoms with van der Waals surface area (Å²) in [6.45, 7) is 9.97. The maximum Gasteiger partial charge on any atom is 0.170 e. The predicted molar refractivity (Wildman–Crippen MR) is 77.9 cm³/mol. The molecule has 2 nitrogen and oxygen atoms in total. The van der Waals surface area contributed by atoms with Gasteiger partial charge in [0.1, 0.15) is 0 Å². The number of ketones is 1. The molecule has 1 unspecified atom stereocenters. The van der Waals surface area contributed by atoms with Crippen molar-refractivity contribution < 1.29 is 9.53 Å². The number of benzene rings is 1. The number of aryl methyl sites for hydroxylation is 1. The third kappa shape index (κ3) is 2.85. The molecule has 0 aromatic heterocycles. The third-order valence-corrected chi connectivity index (χ3v) is 4.09. The van der Waals surface area contributed by atoms with Crippen LogP contribution in [0.15, 0.2) is 18.2 Å². The van der Waals surface area contributed by atoms with Gasteiger partial charge in [-0.3, -0.25) is 4.79 Å². The minimum Gasteiger partial charge on any atom is -0.369 e. The lowest BCUT2D eigenvalue weighted by Crippen LogP contribution is -2.34. The molecule has 0 amide bonds. The Morgan fingerprint density at radius 2 is 1.95 bits per heavy atom. The third-order valence-electron chi connectivity index (χ3n) is 3.78. The number of carbonyl (C=O) groups excluding carboxylic acids is 1. The first-order valence-electron chi connectivity index (χ1n) is 6.63. The lowest BCUT2D eigenvalue weighted by atomic mass is 9.81. The van der Waals surface area contributed by atoms with Gasteiger partial charge in [0.25, 0.3) is 0 Å². The Morgan fingerprint density at radius 3 is 2.42 bits per heavy atom. The molecule has 1 aliphatic rings. The van der Waals surface area contributed by atoms with E-state index < -0.39 is 5.60 Å². The fourth-order valence-corrected chi connectivity index (χ4v) is 3.31. The highest BCUT2D eigenvalue weighted by Crippen LogP contribution is 2.43. The zero-order chi connectivity index (χ0) is 14.4. The van der Waals surface area contributed by atoms with Crippen LogP contribution in [0.1, 0.15) is 50.0 Å². The second-order valence-corrected chi connectivity index (χ2v) is 6.98. The van der Waals surface area contributed by atoms with Gasteiger partial charge in [-0.1, -0.05) is 17.7 Å². The number of ether oxygens (including phenoxy) is 1. The highest BCUT2D eigenvalue weighted by atomic mass is 35.5. The molecule has 0 spiro atoms. The minimum atomic E-state index is -0.450. The number of carbonyl (C=O) groups is 1. The molecule has 3 heteroatoms. The maximum absolute atomic E-state index is 12.7. The molecule has 2 rings (SSSR count). The maximum atomic E-state index is 12.7. The Bertz CT molecular complexity index is 517. The topological polar surface area (TPSA) is 26.3 Å². The molecular formula is C16H21ClO2. The molecule has 0 N–H and O–H groups in total. The monoisotopic (exact) mass is 280 g/mol. The molecule has 0 saturated carbocycles. The van der Waals surface area contributed by atoms with Crippen molar-refractivity contribution in [3.05, 3.63) is 34.3 Å². The van der Waals surface area contributed by atoms with E-state index in [-0.39, 0.29) is 17.3 Å². The van der Waals surface area contributed by atoms with Crippen LogP contribution >= 0.6 is 11.6 Å². The van der Waals surface area contributed by atoms with Gasteiger partial charge in [-0.15, -0.1) is 0 Å². The Labute approximate surface area is 120 Å². The summed E-state index contributed by atoms with van der Waals surface area (Å²) in [5.74, 6) is -0.0664. The van der Waals surface area contributed by atoms with Crippen LogP contribution in [0.2, 0.25) is 5.02 Å². The van der Waals surface area contributed by atoms with E-state index in [0.717, 1.165) is 12.0 Å². The van der Waals surface area contributed by atoms with Gasteiger partial charge in [0.05, 0.1) is 22.1 Å². The van der Waals surface area contributed by atoms with Gasteiger partial charge in [0.15, 0.2) is 5.78 Å². The zero-order valence-electron chi connectivity index (χ0n) is 12.2. The summed E-state index contributed by atoms with van der Waals surface area (Å²) in [6.07, 6.45) is 0.725. The van der Waals surface area contributed by atoms with Crippen molar-refractivity contribution in [2.45, 2.75) is 52.2 Å². The van der Waals surface area contributed by atoms with Crippen LogP contribution in [-0.4, -0.2) is 17.0 Å². The van der Waals surface area contributed by atoms with Crippen LogP contribution in [0.4, 0.5) is 0 Å². The van der Waals surface area contributed by atoms with Crippen LogP contribution in [0.25, 0.3) is 0 Å². The first-order chi connectivity index (χ1) is 8.62. The zero-order valence-corrected chi connectivity index (χ0v) is 13.0. The lowest BCUT2D eigenvalue weighted by molar-refractivity contribution is -0.0712.